The largest absolute Gasteiger partial charge is 0.508 e. The van der Waals surface area contributed by atoms with Crippen molar-refractivity contribution in [2.45, 2.75) is 57.3 Å². The minimum atomic E-state index is -1.86. The molecule has 14 nitrogen and oxygen atoms in total. The highest BCUT2D eigenvalue weighted by Crippen LogP contribution is 2.11. The van der Waals surface area contributed by atoms with E-state index in [4.69, 9.17) is 21.1 Å². The molecule has 198 valence electrons. The van der Waals surface area contributed by atoms with Crippen LogP contribution in [0.5, 0.6) is 5.75 Å². The van der Waals surface area contributed by atoms with Gasteiger partial charge < -0.3 is 42.1 Å². The van der Waals surface area contributed by atoms with Crippen molar-refractivity contribution in [3.8, 4) is 5.75 Å². The van der Waals surface area contributed by atoms with Crippen molar-refractivity contribution < 1.29 is 49.2 Å². The number of hydrogen-bond acceptors (Lipinski definition) is 8. The van der Waals surface area contributed by atoms with Crippen molar-refractivity contribution in [1.29, 1.82) is 0 Å². The third-order valence-corrected chi connectivity index (χ3v) is 4.98. The summed E-state index contributed by atoms with van der Waals surface area (Å²) in [5.74, 6) is -8.04. The van der Waals surface area contributed by atoms with Crippen LogP contribution in [0.2, 0.25) is 0 Å². The first-order valence-corrected chi connectivity index (χ1v) is 10.8. The molecule has 0 bridgehead atoms. The van der Waals surface area contributed by atoms with Crippen LogP contribution in [0.25, 0.3) is 0 Å². The summed E-state index contributed by atoms with van der Waals surface area (Å²) in [6, 6.07) is 0.0527. The van der Waals surface area contributed by atoms with Gasteiger partial charge in [0.15, 0.2) is 0 Å². The Morgan fingerprint density at radius 2 is 1.28 bits per heavy atom. The molecule has 3 amide bonds. The molecule has 0 radical (unpaired) electrons. The molecule has 14 heteroatoms. The zero-order valence-corrected chi connectivity index (χ0v) is 19.6. The zero-order chi connectivity index (χ0) is 27.6. The number of carboxylic acid groups (broad SMARTS) is 3. The van der Waals surface area contributed by atoms with Crippen molar-refractivity contribution in [2.75, 3.05) is 0 Å². The topological polar surface area (TPSA) is 245 Å². The van der Waals surface area contributed by atoms with E-state index in [2.05, 4.69) is 10.6 Å². The molecule has 0 aliphatic rings. The molecule has 0 fully saturated rings. The van der Waals surface area contributed by atoms with Crippen LogP contribution < -0.4 is 21.7 Å². The number of nitrogens with one attached hydrogen (secondary N) is 3. The molecule has 9 N–H and O–H groups in total. The number of phenols is 1. The summed E-state index contributed by atoms with van der Waals surface area (Å²) in [6.45, 7) is 3.16. The smallest absolute Gasteiger partial charge is 0.326 e. The third-order valence-electron chi connectivity index (χ3n) is 4.98. The number of rotatable bonds is 14. The molecule has 0 aromatic heterocycles. The standard InChI is InChI=1S/C22H30N4O10/c1-10(2)18(26-19(32)13(23)7-11-3-5-12(27)6-4-11)21(34)24-14(8-16(28)29)20(33)25-15(22(35)36)9-17(30)31/h3-6,10,13-15,18,27H,7-9,23H2,1-2H3,(H,24,34)(H,25,33)(H,26,32)(H,28,29)(H,30,31)(H,35,36). The zero-order valence-electron chi connectivity index (χ0n) is 19.6. The van der Waals surface area contributed by atoms with Gasteiger partial charge in [-0.2, -0.15) is 0 Å². The monoisotopic (exact) mass is 510 g/mol. The van der Waals surface area contributed by atoms with E-state index in [9.17, 15) is 33.9 Å². The molecular weight excluding hydrogens is 480 g/mol. The fourth-order valence-corrected chi connectivity index (χ4v) is 3.07. The van der Waals surface area contributed by atoms with Gasteiger partial charge in [-0.1, -0.05) is 26.0 Å². The maximum absolute atomic E-state index is 12.9. The van der Waals surface area contributed by atoms with Gasteiger partial charge in [0.25, 0.3) is 0 Å². The molecule has 0 saturated carbocycles. The molecule has 1 rings (SSSR count). The molecule has 4 atom stereocenters. The number of nitrogens with two attached hydrogens (primary N) is 1. The van der Waals surface area contributed by atoms with Crippen molar-refractivity contribution >= 4 is 35.6 Å². The first kappa shape index (κ1) is 29.8. The van der Waals surface area contributed by atoms with Gasteiger partial charge in [0.05, 0.1) is 18.9 Å². The van der Waals surface area contributed by atoms with E-state index in [0.29, 0.717) is 5.56 Å². The quantitative estimate of drug-likeness (QED) is 0.142. The van der Waals surface area contributed by atoms with E-state index in [1.165, 1.54) is 12.1 Å². The molecule has 0 heterocycles. The highest BCUT2D eigenvalue weighted by atomic mass is 16.4. The third kappa shape index (κ3) is 9.97. The van der Waals surface area contributed by atoms with Crippen LogP contribution >= 0.6 is 0 Å². The van der Waals surface area contributed by atoms with Crippen LogP contribution in [0.1, 0.15) is 32.3 Å². The molecule has 0 saturated heterocycles. The highest BCUT2D eigenvalue weighted by molar-refractivity contribution is 5.96. The van der Waals surface area contributed by atoms with Gasteiger partial charge in [-0.05, 0) is 30.0 Å². The lowest BCUT2D eigenvalue weighted by Gasteiger charge is -2.26. The Bertz CT molecular complexity index is 980. The molecule has 36 heavy (non-hydrogen) atoms. The van der Waals surface area contributed by atoms with Crippen LogP contribution in [0.3, 0.4) is 0 Å². The maximum Gasteiger partial charge on any atom is 0.326 e. The molecule has 0 aliphatic carbocycles. The maximum atomic E-state index is 12.9. The second-order valence-electron chi connectivity index (χ2n) is 8.36. The number of phenolic OH excluding ortho intramolecular Hbond substituents is 1. The van der Waals surface area contributed by atoms with E-state index in [0.717, 1.165) is 0 Å². The number of aliphatic carboxylic acids is 3. The SMILES string of the molecule is CC(C)C(NC(=O)C(N)Cc1ccc(O)cc1)C(=O)NC(CC(=O)O)C(=O)NC(CC(=O)O)C(=O)O. The van der Waals surface area contributed by atoms with Crippen LogP contribution in [0.4, 0.5) is 0 Å². The van der Waals surface area contributed by atoms with Gasteiger partial charge in [-0.15, -0.1) is 0 Å². The predicted molar refractivity (Wildman–Crippen MR) is 123 cm³/mol. The first-order chi connectivity index (χ1) is 16.7. The lowest BCUT2D eigenvalue weighted by atomic mass is 10.0. The second-order valence-corrected chi connectivity index (χ2v) is 8.36. The Balaban J connectivity index is 2.94. The Morgan fingerprint density at radius 3 is 1.75 bits per heavy atom. The van der Waals surface area contributed by atoms with E-state index in [-0.39, 0.29) is 12.2 Å². The highest BCUT2D eigenvalue weighted by Gasteiger charge is 2.33. The molecule has 0 spiro atoms. The Labute approximate surface area is 205 Å². The van der Waals surface area contributed by atoms with Crippen molar-refractivity contribution in [3.63, 3.8) is 0 Å². The Kier molecular flexibility index (Phi) is 11.3. The van der Waals surface area contributed by atoms with Crippen LogP contribution in [0.15, 0.2) is 24.3 Å². The number of carbonyl (C=O) groups excluding carboxylic acids is 3. The van der Waals surface area contributed by atoms with Crippen molar-refractivity contribution in [3.05, 3.63) is 29.8 Å². The van der Waals surface area contributed by atoms with Crippen molar-refractivity contribution in [2.24, 2.45) is 11.7 Å². The molecule has 4 unspecified atom stereocenters. The fraction of sp³-hybridized carbons (Fsp3) is 0.455. The van der Waals surface area contributed by atoms with Gasteiger partial charge in [0.2, 0.25) is 17.7 Å². The average molecular weight is 511 g/mol. The fourth-order valence-electron chi connectivity index (χ4n) is 3.07. The minimum absolute atomic E-state index is 0.0332. The Hall–Kier alpha value is -4.20. The van der Waals surface area contributed by atoms with E-state index in [1.807, 2.05) is 5.32 Å². The summed E-state index contributed by atoms with van der Waals surface area (Å²) in [4.78, 5) is 71.2. The number of amides is 3. The molecule has 1 aromatic rings. The first-order valence-electron chi connectivity index (χ1n) is 10.8. The van der Waals surface area contributed by atoms with Crippen molar-refractivity contribution in [1.82, 2.24) is 16.0 Å². The molecule has 0 aliphatic heterocycles. The number of carbonyl (C=O) groups is 6. The van der Waals surface area contributed by atoms with E-state index in [1.54, 1.807) is 26.0 Å². The van der Waals surface area contributed by atoms with E-state index < -0.39 is 78.6 Å². The van der Waals surface area contributed by atoms with Crippen LogP contribution in [-0.2, 0) is 35.2 Å². The minimum Gasteiger partial charge on any atom is -0.508 e. The summed E-state index contributed by atoms with van der Waals surface area (Å²) in [5, 5.41) is 42.9. The van der Waals surface area contributed by atoms with Gasteiger partial charge in [0, 0.05) is 0 Å². The van der Waals surface area contributed by atoms with Gasteiger partial charge in [-0.25, -0.2) is 4.79 Å². The lowest BCUT2D eigenvalue weighted by Crippen LogP contribution is -2.59. The summed E-state index contributed by atoms with van der Waals surface area (Å²) >= 11 is 0. The molecule has 1 aromatic carbocycles. The van der Waals surface area contributed by atoms with Gasteiger partial charge in [0.1, 0.15) is 23.9 Å². The Morgan fingerprint density at radius 1 is 0.778 bits per heavy atom. The summed E-state index contributed by atoms with van der Waals surface area (Å²) in [6.07, 6.45) is -1.82. The number of aromatic hydroxyl groups is 1. The van der Waals surface area contributed by atoms with Crippen LogP contribution in [-0.4, -0.2) is 80.2 Å². The lowest BCUT2D eigenvalue weighted by molar-refractivity contribution is -0.148. The second kappa shape index (κ2) is 13.6. The summed E-state index contributed by atoms with van der Waals surface area (Å²) in [7, 11) is 0. The predicted octanol–water partition coefficient (Wildman–Crippen LogP) is -1.59. The number of hydrogen-bond donors (Lipinski definition) is 8. The van der Waals surface area contributed by atoms with Crippen LogP contribution in [0, 0.1) is 5.92 Å². The average Bonchev–Trinajstić information content (AvgIpc) is 2.76. The summed E-state index contributed by atoms with van der Waals surface area (Å²) in [5.41, 5.74) is 6.57. The normalized spacial score (nSPS) is 14.1. The summed E-state index contributed by atoms with van der Waals surface area (Å²) < 4.78 is 0. The molecular formula is C22H30N4O10. The number of benzene rings is 1. The van der Waals surface area contributed by atoms with Gasteiger partial charge in [-0.3, -0.25) is 24.0 Å². The number of carboxylic acids is 3. The van der Waals surface area contributed by atoms with Gasteiger partial charge >= 0.3 is 17.9 Å². The van der Waals surface area contributed by atoms with E-state index >= 15 is 0 Å².